The number of benzene rings is 1. The van der Waals surface area contributed by atoms with Gasteiger partial charge in [-0.05, 0) is 37.6 Å². The minimum atomic E-state index is -0.376. The van der Waals surface area contributed by atoms with Gasteiger partial charge < -0.3 is 9.72 Å². The van der Waals surface area contributed by atoms with Crippen LogP contribution in [0.5, 0.6) is 5.75 Å². The van der Waals surface area contributed by atoms with Crippen molar-refractivity contribution in [3.8, 4) is 22.9 Å². The summed E-state index contributed by atoms with van der Waals surface area (Å²) in [5.74, 6) is 0.686. The van der Waals surface area contributed by atoms with Gasteiger partial charge in [0.05, 0.1) is 6.61 Å². The number of nitrogens with zero attached hydrogens (tertiary/aromatic N) is 1. The third-order valence-electron chi connectivity index (χ3n) is 3.52. The van der Waals surface area contributed by atoms with Crippen molar-refractivity contribution in [1.29, 1.82) is 5.26 Å². The standard InChI is InChI=1S/C18H19BrN2O2/c1-3-4-5-8-23-17-7-6-13(19)10-15(17)14-9-12(2)21-18(22)16(14)11-20/h6-7,9-10H,3-5,8H2,1-2H3,(H,21,22). The molecule has 1 heterocycles. The lowest BCUT2D eigenvalue weighted by molar-refractivity contribution is 0.307. The summed E-state index contributed by atoms with van der Waals surface area (Å²) >= 11 is 3.45. The molecule has 0 aliphatic heterocycles. The fraction of sp³-hybridized carbons (Fsp3) is 0.333. The number of pyridine rings is 1. The molecule has 0 atom stereocenters. The smallest absolute Gasteiger partial charge is 0.266 e. The Morgan fingerprint density at radius 2 is 2.04 bits per heavy atom. The molecule has 4 nitrogen and oxygen atoms in total. The second kappa shape index (κ2) is 7.98. The van der Waals surface area contributed by atoms with Crippen molar-refractivity contribution in [1.82, 2.24) is 4.98 Å². The lowest BCUT2D eigenvalue weighted by atomic mass is 10.00. The quantitative estimate of drug-likeness (QED) is 0.753. The van der Waals surface area contributed by atoms with Gasteiger partial charge in [-0.1, -0.05) is 35.7 Å². The number of unbranched alkanes of at least 4 members (excludes halogenated alkanes) is 2. The summed E-state index contributed by atoms with van der Waals surface area (Å²) < 4.78 is 6.76. The fourth-order valence-corrected chi connectivity index (χ4v) is 2.75. The van der Waals surface area contributed by atoms with E-state index in [1.54, 1.807) is 13.0 Å². The third-order valence-corrected chi connectivity index (χ3v) is 4.01. The fourth-order valence-electron chi connectivity index (χ4n) is 2.38. The van der Waals surface area contributed by atoms with Crippen molar-refractivity contribution in [2.24, 2.45) is 0 Å². The Morgan fingerprint density at radius 1 is 1.26 bits per heavy atom. The van der Waals surface area contributed by atoms with Crippen LogP contribution in [0.2, 0.25) is 0 Å². The zero-order chi connectivity index (χ0) is 16.8. The van der Waals surface area contributed by atoms with Crippen LogP contribution in [0.1, 0.15) is 37.4 Å². The zero-order valence-electron chi connectivity index (χ0n) is 13.3. The van der Waals surface area contributed by atoms with Gasteiger partial charge in [-0.15, -0.1) is 0 Å². The molecular weight excluding hydrogens is 356 g/mol. The van der Waals surface area contributed by atoms with E-state index in [2.05, 4.69) is 27.8 Å². The van der Waals surface area contributed by atoms with Gasteiger partial charge in [0.1, 0.15) is 17.4 Å². The molecule has 1 N–H and O–H groups in total. The molecule has 2 aromatic rings. The number of aromatic amines is 1. The van der Waals surface area contributed by atoms with Crippen LogP contribution in [0.15, 0.2) is 33.5 Å². The number of hydrogen-bond acceptors (Lipinski definition) is 3. The largest absolute Gasteiger partial charge is 0.493 e. The SMILES string of the molecule is CCCCCOc1ccc(Br)cc1-c1cc(C)[nH]c(=O)c1C#N. The number of aromatic nitrogens is 1. The van der Waals surface area contributed by atoms with Gasteiger partial charge in [0.2, 0.25) is 0 Å². The van der Waals surface area contributed by atoms with Crippen LogP contribution in [-0.4, -0.2) is 11.6 Å². The van der Waals surface area contributed by atoms with E-state index in [4.69, 9.17) is 4.74 Å². The second-order valence-electron chi connectivity index (χ2n) is 5.38. The minimum Gasteiger partial charge on any atom is -0.493 e. The third kappa shape index (κ3) is 4.23. The lowest BCUT2D eigenvalue weighted by Crippen LogP contribution is -2.13. The summed E-state index contributed by atoms with van der Waals surface area (Å²) in [6.07, 6.45) is 3.22. The number of H-pyrrole nitrogens is 1. The Bertz CT molecular complexity index is 791. The molecule has 0 radical (unpaired) electrons. The summed E-state index contributed by atoms with van der Waals surface area (Å²) in [7, 11) is 0. The molecule has 0 amide bonds. The highest BCUT2D eigenvalue weighted by atomic mass is 79.9. The van der Waals surface area contributed by atoms with E-state index >= 15 is 0 Å². The highest BCUT2D eigenvalue weighted by Crippen LogP contribution is 2.34. The average Bonchev–Trinajstić information content (AvgIpc) is 2.52. The van der Waals surface area contributed by atoms with E-state index in [0.29, 0.717) is 23.6 Å². The summed E-state index contributed by atoms with van der Waals surface area (Å²) in [5.41, 5.74) is 1.79. The van der Waals surface area contributed by atoms with Crippen LogP contribution in [0.25, 0.3) is 11.1 Å². The van der Waals surface area contributed by atoms with Crippen LogP contribution < -0.4 is 10.3 Å². The van der Waals surface area contributed by atoms with Crippen molar-refractivity contribution < 1.29 is 4.74 Å². The summed E-state index contributed by atoms with van der Waals surface area (Å²) in [5, 5.41) is 9.34. The van der Waals surface area contributed by atoms with Crippen LogP contribution in [-0.2, 0) is 0 Å². The molecule has 23 heavy (non-hydrogen) atoms. The van der Waals surface area contributed by atoms with Gasteiger partial charge in [0, 0.05) is 21.3 Å². The lowest BCUT2D eigenvalue weighted by Gasteiger charge is -2.13. The molecule has 0 unspecified atom stereocenters. The first-order valence-corrected chi connectivity index (χ1v) is 8.43. The van der Waals surface area contributed by atoms with E-state index in [1.165, 1.54) is 0 Å². The predicted octanol–water partition coefficient (Wildman–Crippen LogP) is 4.55. The Kier molecular flexibility index (Phi) is 6.00. The van der Waals surface area contributed by atoms with E-state index in [0.717, 1.165) is 29.3 Å². The van der Waals surface area contributed by atoms with Gasteiger partial charge in [0.25, 0.3) is 5.56 Å². The number of rotatable bonds is 6. The minimum absolute atomic E-state index is 0.104. The normalized spacial score (nSPS) is 10.3. The van der Waals surface area contributed by atoms with Gasteiger partial charge >= 0.3 is 0 Å². The van der Waals surface area contributed by atoms with Crippen molar-refractivity contribution in [2.75, 3.05) is 6.61 Å². The van der Waals surface area contributed by atoms with Crippen molar-refractivity contribution in [2.45, 2.75) is 33.1 Å². The van der Waals surface area contributed by atoms with Crippen LogP contribution in [0, 0.1) is 18.3 Å². The molecule has 0 aliphatic rings. The first kappa shape index (κ1) is 17.3. The molecular formula is C18H19BrN2O2. The van der Waals surface area contributed by atoms with Crippen LogP contribution in [0.4, 0.5) is 0 Å². The highest BCUT2D eigenvalue weighted by molar-refractivity contribution is 9.10. The van der Waals surface area contributed by atoms with Crippen LogP contribution >= 0.6 is 15.9 Å². The first-order chi connectivity index (χ1) is 11.1. The molecule has 0 bridgehead atoms. The summed E-state index contributed by atoms with van der Waals surface area (Å²) in [6.45, 7) is 4.56. The predicted molar refractivity (Wildman–Crippen MR) is 94.7 cm³/mol. The number of aryl methyl sites for hydroxylation is 1. The first-order valence-electron chi connectivity index (χ1n) is 7.63. The molecule has 1 aromatic carbocycles. The summed E-state index contributed by atoms with van der Waals surface area (Å²) in [4.78, 5) is 14.7. The Hall–Kier alpha value is -2.06. The number of ether oxygens (including phenoxy) is 1. The maximum Gasteiger partial charge on any atom is 0.266 e. The van der Waals surface area contributed by atoms with Crippen LogP contribution in [0.3, 0.4) is 0 Å². The van der Waals surface area contributed by atoms with Gasteiger partial charge in [-0.3, -0.25) is 4.79 Å². The molecule has 0 aliphatic carbocycles. The van der Waals surface area contributed by atoms with E-state index in [9.17, 15) is 10.1 Å². The molecule has 0 spiro atoms. The Balaban J connectivity index is 2.49. The van der Waals surface area contributed by atoms with E-state index in [-0.39, 0.29) is 11.1 Å². The number of nitriles is 1. The molecule has 2 rings (SSSR count). The van der Waals surface area contributed by atoms with Gasteiger partial charge in [0.15, 0.2) is 0 Å². The van der Waals surface area contributed by atoms with Crippen molar-refractivity contribution in [3.63, 3.8) is 0 Å². The van der Waals surface area contributed by atoms with E-state index < -0.39 is 0 Å². The Morgan fingerprint density at radius 3 is 2.74 bits per heavy atom. The van der Waals surface area contributed by atoms with Crippen molar-refractivity contribution >= 4 is 15.9 Å². The molecule has 0 saturated carbocycles. The zero-order valence-corrected chi connectivity index (χ0v) is 14.9. The van der Waals surface area contributed by atoms with E-state index in [1.807, 2.05) is 24.3 Å². The molecule has 120 valence electrons. The summed E-state index contributed by atoms with van der Waals surface area (Å²) in [6, 6.07) is 9.44. The number of nitrogens with one attached hydrogen (secondary N) is 1. The average molecular weight is 375 g/mol. The maximum atomic E-state index is 12.0. The van der Waals surface area contributed by atoms with Crippen molar-refractivity contribution in [3.05, 3.63) is 50.3 Å². The monoisotopic (exact) mass is 374 g/mol. The molecule has 5 heteroatoms. The molecule has 1 aromatic heterocycles. The topological polar surface area (TPSA) is 65.9 Å². The second-order valence-corrected chi connectivity index (χ2v) is 6.29. The Labute approximate surface area is 144 Å². The number of halogens is 1. The number of hydrogen-bond donors (Lipinski definition) is 1. The molecule has 0 saturated heterocycles. The van der Waals surface area contributed by atoms with Gasteiger partial charge in [-0.25, -0.2) is 0 Å². The highest BCUT2D eigenvalue weighted by Gasteiger charge is 2.15. The molecule has 0 fully saturated rings. The van der Waals surface area contributed by atoms with Gasteiger partial charge in [-0.2, -0.15) is 5.26 Å². The maximum absolute atomic E-state index is 12.0.